The lowest BCUT2D eigenvalue weighted by molar-refractivity contribution is -0.150. The summed E-state index contributed by atoms with van der Waals surface area (Å²) in [7, 11) is -3.75. The second-order valence-corrected chi connectivity index (χ2v) is 10.1. The monoisotopic (exact) mass is 482 g/mol. The Bertz CT molecular complexity index is 1120. The molecule has 0 N–H and O–H groups in total. The summed E-state index contributed by atoms with van der Waals surface area (Å²) in [6, 6.07) is 12.3. The minimum absolute atomic E-state index is 0.164. The number of sulfone groups is 1. The van der Waals surface area contributed by atoms with Crippen molar-refractivity contribution < 1.29 is 22.8 Å². The van der Waals surface area contributed by atoms with Gasteiger partial charge in [0, 0.05) is 6.42 Å². The molecule has 0 bridgehead atoms. The molecule has 7 nitrogen and oxygen atoms in total. The Labute approximate surface area is 190 Å². The van der Waals surface area contributed by atoms with Crippen molar-refractivity contribution in [2.24, 2.45) is 5.16 Å². The average molecular weight is 483 g/mol. The first kappa shape index (κ1) is 21.9. The summed E-state index contributed by atoms with van der Waals surface area (Å²) in [6.07, 6.45) is 0.599. The van der Waals surface area contributed by atoms with Crippen LogP contribution in [0.5, 0.6) is 0 Å². The predicted octanol–water partition coefficient (Wildman–Crippen LogP) is 3.88. The van der Waals surface area contributed by atoms with Crippen molar-refractivity contribution in [1.82, 2.24) is 4.90 Å². The molecule has 0 aliphatic carbocycles. The highest BCUT2D eigenvalue weighted by atomic mass is 35.5. The van der Waals surface area contributed by atoms with Crippen LogP contribution in [0.1, 0.15) is 25.3 Å². The number of benzene rings is 2. The van der Waals surface area contributed by atoms with E-state index >= 15 is 0 Å². The van der Waals surface area contributed by atoms with E-state index in [4.69, 9.17) is 32.8 Å². The highest BCUT2D eigenvalue weighted by Gasteiger charge is 2.59. The quantitative estimate of drug-likeness (QED) is 0.580. The zero-order valence-corrected chi connectivity index (χ0v) is 19.0. The fraction of sp³-hybridized carbons (Fsp3) is 0.333. The molecule has 2 aliphatic heterocycles. The number of fused-ring (bicyclic) bond motifs is 1. The summed E-state index contributed by atoms with van der Waals surface area (Å²) in [6.45, 7) is 1.90. The molecule has 4 rings (SSSR count). The zero-order valence-electron chi connectivity index (χ0n) is 16.6. The largest absolute Gasteiger partial charge is 0.464 e. The smallest absolute Gasteiger partial charge is 0.328 e. The van der Waals surface area contributed by atoms with E-state index in [9.17, 15) is 13.2 Å². The minimum Gasteiger partial charge on any atom is -0.464 e. The predicted molar refractivity (Wildman–Crippen MR) is 117 cm³/mol. The van der Waals surface area contributed by atoms with Crippen LogP contribution in [-0.2, 0) is 24.2 Å². The van der Waals surface area contributed by atoms with Crippen LogP contribution in [0.4, 0.5) is 0 Å². The van der Waals surface area contributed by atoms with Gasteiger partial charge in [-0.3, -0.25) is 4.90 Å². The van der Waals surface area contributed by atoms with E-state index in [1.807, 2.05) is 0 Å². The van der Waals surface area contributed by atoms with Gasteiger partial charge in [0.2, 0.25) is 5.72 Å². The van der Waals surface area contributed by atoms with Crippen molar-refractivity contribution in [2.75, 3.05) is 12.4 Å². The van der Waals surface area contributed by atoms with E-state index in [0.717, 1.165) is 0 Å². The fourth-order valence-electron chi connectivity index (χ4n) is 4.01. The Hall–Kier alpha value is -2.29. The molecule has 2 aromatic rings. The van der Waals surface area contributed by atoms with Crippen LogP contribution in [0.2, 0.25) is 10.0 Å². The van der Waals surface area contributed by atoms with Crippen LogP contribution < -0.4 is 0 Å². The molecule has 0 unspecified atom stereocenters. The topological polar surface area (TPSA) is 85.3 Å². The number of esters is 1. The molecule has 1 fully saturated rings. The molecule has 0 spiro atoms. The van der Waals surface area contributed by atoms with Gasteiger partial charge in [-0.25, -0.2) is 13.2 Å². The maximum atomic E-state index is 13.2. The van der Waals surface area contributed by atoms with Crippen molar-refractivity contribution in [3.63, 3.8) is 0 Å². The third kappa shape index (κ3) is 3.88. The Morgan fingerprint density at radius 2 is 1.87 bits per heavy atom. The van der Waals surface area contributed by atoms with Gasteiger partial charge >= 0.3 is 5.97 Å². The molecule has 2 aromatic carbocycles. The van der Waals surface area contributed by atoms with E-state index in [-0.39, 0.29) is 23.8 Å². The van der Waals surface area contributed by atoms with Gasteiger partial charge in [0.05, 0.1) is 27.1 Å². The Morgan fingerprint density at radius 3 is 2.52 bits per heavy atom. The first-order valence-corrected chi connectivity index (χ1v) is 12.1. The molecule has 2 heterocycles. The standard InChI is InChI=1S/C21H20Cl2N2O5S/c1-2-29-20(26)17-11-12-21(13-31(27,28)14-7-4-3-5-8-14)25(17)19(24-30-21)18-15(22)9-6-10-16(18)23/h3-10,17H,2,11-13H2,1H3/t17-,21-/m0/s1. The Kier molecular flexibility index (Phi) is 5.89. The van der Waals surface area contributed by atoms with Crippen LogP contribution >= 0.6 is 23.2 Å². The van der Waals surface area contributed by atoms with Gasteiger partial charge in [0.25, 0.3) is 0 Å². The number of oxime groups is 1. The van der Waals surface area contributed by atoms with Crippen molar-refractivity contribution in [3.8, 4) is 0 Å². The maximum absolute atomic E-state index is 13.2. The summed E-state index contributed by atoms with van der Waals surface area (Å²) >= 11 is 12.8. The van der Waals surface area contributed by atoms with Crippen LogP contribution in [0.3, 0.4) is 0 Å². The number of carbonyl (C=O) groups excluding carboxylic acids is 1. The SMILES string of the molecule is CCOC(=O)[C@@H]1CC[C@@]2(CS(=O)(=O)c3ccccc3)ON=C(c3c(Cl)cccc3Cl)N12. The maximum Gasteiger partial charge on any atom is 0.328 e. The summed E-state index contributed by atoms with van der Waals surface area (Å²) < 4.78 is 31.6. The van der Waals surface area contributed by atoms with Gasteiger partial charge in [-0.2, -0.15) is 0 Å². The number of rotatable bonds is 6. The summed E-state index contributed by atoms with van der Waals surface area (Å²) in [5.74, 6) is -0.660. The van der Waals surface area contributed by atoms with Crippen LogP contribution in [0.15, 0.2) is 58.6 Å². The molecule has 0 aromatic heterocycles. The number of carbonyl (C=O) groups is 1. The van der Waals surface area contributed by atoms with Crippen molar-refractivity contribution in [3.05, 3.63) is 64.1 Å². The number of ether oxygens (including phenoxy) is 1. The third-order valence-electron chi connectivity index (χ3n) is 5.35. The average Bonchev–Trinajstić information content (AvgIpc) is 3.25. The van der Waals surface area contributed by atoms with E-state index in [0.29, 0.717) is 22.0 Å². The Balaban J connectivity index is 1.77. The molecule has 0 radical (unpaired) electrons. The summed E-state index contributed by atoms with van der Waals surface area (Å²) in [4.78, 5) is 20.2. The van der Waals surface area contributed by atoms with Gasteiger partial charge < -0.3 is 9.57 Å². The summed E-state index contributed by atoms with van der Waals surface area (Å²) in [5, 5.41) is 4.78. The van der Waals surface area contributed by atoms with Gasteiger partial charge in [0.1, 0.15) is 11.8 Å². The van der Waals surface area contributed by atoms with Crippen molar-refractivity contribution >= 4 is 44.8 Å². The van der Waals surface area contributed by atoms with Gasteiger partial charge in [-0.05, 0) is 37.6 Å². The van der Waals surface area contributed by atoms with Gasteiger partial charge in [-0.1, -0.05) is 52.6 Å². The molecule has 10 heteroatoms. The second kappa shape index (κ2) is 8.33. The molecular formula is C21H20Cl2N2O5S. The molecule has 0 amide bonds. The molecular weight excluding hydrogens is 463 g/mol. The second-order valence-electron chi connectivity index (χ2n) is 7.30. The van der Waals surface area contributed by atoms with Crippen LogP contribution in [0, 0.1) is 0 Å². The highest BCUT2D eigenvalue weighted by Crippen LogP contribution is 2.44. The van der Waals surface area contributed by atoms with E-state index in [1.165, 1.54) is 12.1 Å². The molecule has 31 heavy (non-hydrogen) atoms. The molecule has 164 valence electrons. The van der Waals surface area contributed by atoms with E-state index < -0.39 is 33.3 Å². The highest BCUT2D eigenvalue weighted by molar-refractivity contribution is 7.91. The fourth-order valence-corrected chi connectivity index (χ4v) is 6.25. The molecule has 1 saturated heterocycles. The number of nitrogens with zero attached hydrogens (tertiary/aromatic N) is 2. The Morgan fingerprint density at radius 1 is 1.19 bits per heavy atom. The van der Waals surface area contributed by atoms with Crippen LogP contribution in [-0.4, -0.2) is 49.2 Å². The number of hydrogen-bond acceptors (Lipinski definition) is 7. The lowest BCUT2D eigenvalue weighted by Gasteiger charge is -2.33. The van der Waals surface area contributed by atoms with Crippen LogP contribution in [0.25, 0.3) is 0 Å². The van der Waals surface area contributed by atoms with E-state index in [2.05, 4.69) is 5.16 Å². The van der Waals surface area contributed by atoms with Gasteiger partial charge in [-0.15, -0.1) is 0 Å². The lowest BCUT2D eigenvalue weighted by Crippen LogP contribution is -2.54. The number of amidine groups is 1. The van der Waals surface area contributed by atoms with Crippen molar-refractivity contribution in [1.29, 1.82) is 0 Å². The van der Waals surface area contributed by atoms with Crippen molar-refractivity contribution in [2.45, 2.75) is 36.4 Å². The van der Waals surface area contributed by atoms with Gasteiger partial charge in [0.15, 0.2) is 15.7 Å². The third-order valence-corrected chi connectivity index (χ3v) is 7.80. The molecule has 0 saturated carbocycles. The zero-order chi connectivity index (χ0) is 22.2. The normalized spacial score (nSPS) is 22.6. The first-order valence-electron chi connectivity index (χ1n) is 9.73. The number of hydrogen-bond donors (Lipinski definition) is 0. The summed E-state index contributed by atoms with van der Waals surface area (Å²) in [5.41, 5.74) is -0.995. The van der Waals surface area contributed by atoms with E-state index in [1.54, 1.807) is 48.2 Å². The lowest BCUT2D eigenvalue weighted by atomic mass is 10.1. The first-order chi connectivity index (χ1) is 14.8. The molecule has 2 atom stereocenters. The minimum atomic E-state index is -3.75. The molecule has 2 aliphatic rings. The number of halogens is 2.